The second-order valence-electron chi connectivity index (χ2n) is 6.39. The number of halogens is 1. The molecule has 4 N–H and O–H groups in total. The van der Waals surface area contributed by atoms with Crippen LogP contribution in [0.5, 0.6) is 0 Å². The number of anilines is 2. The minimum atomic E-state index is -0.338. The highest BCUT2D eigenvalue weighted by Crippen LogP contribution is 2.20. The molecule has 0 saturated heterocycles. The lowest BCUT2D eigenvalue weighted by Crippen LogP contribution is -2.13. The van der Waals surface area contributed by atoms with Crippen molar-refractivity contribution in [3.8, 4) is 0 Å². The number of imidazole rings is 1. The number of H-pyrrole nitrogens is 1. The van der Waals surface area contributed by atoms with Crippen LogP contribution < -0.4 is 11.1 Å². The first kappa shape index (κ1) is 17.9. The molecule has 3 aromatic carbocycles. The summed E-state index contributed by atoms with van der Waals surface area (Å²) in [6, 6.07) is 19.1. The molecule has 1 heterocycles. The van der Waals surface area contributed by atoms with Crippen LogP contribution in [0.25, 0.3) is 11.0 Å². The molecular formula is C21H17FN4OS. The number of para-hydroxylation sites is 3. The fourth-order valence-corrected chi connectivity index (χ4v) is 3.32. The van der Waals surface area contributed by atoms with E-state index >= 15 is 0 Å². The number of aromatic amines is 1. The quantitative estimate of drug-likeness (QED) is 0.347. The van der Waals surface area contributed by atoms with Crippen molar-refractivity contribution in [2.45, 2.75) is 6.54 Å². The second-order valence-corrected chi connectivity index (χ2v) is 6.78. The molecule has 7 heteroatoms. The van der Waals surface area contributed by atoms with Gasteiger partial charge in [0.15, 0.2) is 4.77 Å². The summed E-state index contributed by atoms with van der Waals surface area (Å²) in [7, 11) is 0. The maximum Gasteiger partial charge on any atom is 0.255 e. The zero-order valence-electron chi connectivity index (χ0n) is 14.8. The second kappa shape index (κ2) is 7.28. The van der Waals surface area contributed by atoms with Crippen molar-refractivity contribution in [1.82, 2.24) is 9.55 Å². The van der Waals surface area contributed by atoms with Gasteiger partial charge in [0, 0.05) is 5.56 Å². The van der Waals surface area contributed by atoms with Crippen molar-refractivity contribution in [3.05, 3.63) is 88.4 Å². The first-order valence-electron chi connectivity index (χ1n) is 8.65. The third-order valence-electron chi connectivity index (χ3n) is 4.53. The number of rotatable bonds is 4. The van der Waals surface area contributed by atoms with Gasteiger partial charge in [-0.15, -0.1) is 0 Å². The maximum absolute atomic E-state index is 13.9. The van der Waals surface area contributed by atoms with Crippen LogP contribution in [0.4, 0.5) is 15.8 Å². The largest absolute Gasteiger partial charge is 0.397 e. The number of amides is 1. The van der Waals surface area contributed by atoms with Gasteiger partial charge < -0.3 is 20.6 Å². The molecule has 0 aliphatic rings. The van der Waals surface area contributed by atoms with E-state index in [1.807, 2.05) is 28.8 Å². The first-order valence-corrected chi connectivity index (χ1v) is 9.05. The van der Waals surface area contributed by atoms with E-state index in [9.17, 15) is 9.18 Å². The number of fused-ring (bicyclic) bond motifs is 1. The van der Waals surface area contributed by atoms with E-state index in [4.69, 9.17) is 18.0 Å². The average Bonchev–Trinajstić information content (AvgIpc) is 3.01. The number of nitrogens with two attached hydrogens (primary N) is 1. The van der Waals surface area contributed by atoms with Gasteiger partial charge in [-0.05, 0) is 54.2 Å². The molecule has 5 nitrogen and oxygen atoms in total. The van der Waals surface area contributed by atoms with E-state index in [-0.39, 0.29) is 11.7 Å². The number of nitrogen functional groups attached to an aromatic ring is 1. The van der Waals surface area contributed by atoms with E-state index in [1.54, 1.807) is 36.4 Å². The van der Waals surface area contributed by atoms with Crippen LogP contribution in [0, 0.1) is 10.6 Å². The molecule has 0 atom stereocenters. The van der Waals surface area contributed by atoms with Gasteiger partial charge in [0.1, 0.15) is 11.3 Å². The minimum Gasteiger partial charge on any atom is -0.397 e. The number of nitrogens with one attached hydrogen (secondary N) is 2. The van der Waals surface area contributed by atoms with Crippen molar-refractivity contribution in [1.29, 1.82) is 0 Å². The fraction of sp³-hybridized carbons (Fsp3) is 0.0476. The number of nitrogens with zero attached hydrogens (tertiary/aromatic N) is 1. The lowest BCUT2D eigenvalue weighted by molar-refractivity contribution is 0.102. The Morgan fingerprint density at radius 1 is 1.07 bits per heavy atom. The SMILES string of the molecule is Nc1ccccc1NC(=O)c1ccc(Cn2c(=S)[nH]c3c(F)cccc32)cc1. The summed E-state index contributed by atoms with van der Waals surface area (Å²) in [5, 5.41) is 2.80. The highest BCUT2D eigenvalue weighted by molar-refractivity contribution is 7.71. The number of hydrogen-bond donors (Lipinski definition) is 3. The van der Waals surface area contributed by atoms with E-state index in [0.29, 0.717) is 39.3 Å². The smallest absolute Gasteiger partial charge is 0.255 e. The van der Waals surface area contributed by atoms with E-state index in [2.05, 4.69) is 10.3 Å². The van der Waals surface area contributed by atoms with Crippen LogP contribution in [0.15, 0.2) is 66.7 Å². The van der Waals surface area contributed by atoms with E-state index in [0.717, 1.165) is 5.56 Å². The summed E-state index contributed by atoms with van der Waals surface area (Å²) < 4.78 is 16.2. The van der Waals surface area contributed by atoms with E-state index < -0.39 is 0 Å². The third kappa shape index (κ3) is 3.39. The van der Waals surface area contributed by atoms with Crippen LogP contribution in [0.2, 0.25) is 0 Å². The number of carbonyl (C=O) groups excluding carboxylic acids is 1. The van der Waals surface area contributed by atoms with Crippen molar-refractivity contribution in [2.24, 2.45) is 0 Å². The van der Waals surface area contributed by atoms with Gasteiger partial charge in [-0.3, -0.25) is 4.79 Å². The number of benzene rings is 3. The Hall–Kier alpha value is -3.45. The monoisotopic (exact) mass is 392 g/mol. The van der Waals surface area contributed by atoms with Crippen molar-refractivity contribution < 1.29 is 9.18 Å². The molecule has 0 saturated carbocycles. The molecule has 1 amide bonds. The molecule has 28 heavy (non-hydrogen) atoms. The van der Waals surface area contributed by atoms with Gasteiger partial charge in [0.25, 0.3) is 5.91 Å². The highest BCUT2D eigenvalue weighted by Gasteiger charge is 2.10. The maximum atomic E-state index is 13.9. The Morgan fingerprint density at radius 2 is 1.82 bits per heavy atom. The molecule has 0 bridgehead atoms. The summed E-state index contributed by atoms with van der Waals surface area (Å²) in [4.78, 5) is 15.3. The molecule has 1 aromatic heterocycles. The molecule has 0 radical (unpaired) electrons. The van der Waals surface area contributed by atoms with E-state index in [1.165, 1.54) is 6.07 Å². The lowest BCUT2D eigenvalue weighted by atomic mass is 10.1. The van der Waals surface area contributed by atoms with Crippen molar-refractivity contribution in [2.75, 3.05) is 11.1 Å². The molecule has 0 aliphatic heterocycles. The Bertz CT molecular complexity index is 1230. The Balaban J connectivity index is 1.55. The van der Waals surface area contributed by atoms with Crippen molar-refractivity contribution in [3.63, 3.8) is 0 Å². The summed E-state index contributed by atoms with van der Waals surface area (Å²) in [6.45, 7) is 0.468. The Kier molecular flexibility index (Phi) is 4.67. The van der Waals surface area contributed by atoms with Crippen LogP contribution in [-0.2, 0) is 6.54 Å². The summed E-state index contributed by atoms with van der Waals surface area (Å²) in [5.74, 6) is -0.579. The van der Waals surface area contributed by atoms with Gasteiger partial charge in [0.05, 0.1) is 23.4 Å². The van der Waals surface area contributed by atoms with Crippen LogP contribution in [0.3, 0.4) is 0 Å². The fourth-order valence-electron chi connectivity index (χ4n) is 3.05. The van der Waals surface area contributed by atoms with Gasteiger partial charge in [0.2, 0.25) is 0 Å². The summed E-state index contributed by atoms with van der Waals surface area (Å²) in [6.07, 6.45) is 0. The molecule has 0 unspecified atom stereocenters. The molecule has 0 fully saturated rings. The highest BCUT2D eigenvalue weighted by atomic mass is 32.1. The predicted molar refractivity (Wildman–Crippen MR) is 111 cm³/mol. The summed E-state index contributed by atoms with van der Waals surface area (Å²) in [5.41, 5.74) is 9.49. The molecule has 4 rings (SSSR count). The number of carbonyl (C=O) groups is 1. The molecule has 0 spiro atoms. The van der Waals surface area contributed by atoms with Crippen LogP contribution >= 0.6 is 12.2 Å². The zero-order valence-corrected chi connectivity index (χ0v) is 15.6. The van der Waals surface area contributed by atoms with Gasteiger partial charge in [-0.2, -0.15) is 0 Å². The molecule has 4 aromatic rings. The lowest BCUT2D eigenvalue weighted by Gasteiger charge is -2.09. The molecular weight excluding hydrogens is 375 g/mol. The third-order valence-corrected chi connectivity index (χ3v) is 4.85. The standard InChI is InChI=1S/C21H17FN4OS/c22-15-4-3-7-18-19(15)25-21(28)26(18)12-13-8-10-14(11-9-13)20(27)24-17-6-2-1-5-16(17)23/h1-11H,12,23H2,(H,24,27)(H,25,28). The normalized spacial score (nSPS) is 10.9. The first-order chi connectivity index (χ1) is 13.5. The Morgan fingerprint density at radius 3 is 2.57 bits per heavy atom. The topological polar surface area (TPSA) is 75.8 Å². The van der Waals surface area contributed by atoms with Gasteiger partial charge in [-0.1, -0.05) is 30.3 Å². The zero-order chi connectivity index (χ0) is 19.7. The van der Waals surface area contributed by atoms with Gasteiger partial charge >= 0.3 is 0 Å². The van der Waals surface area contributed by atoms with Crippen LogP contribution in [-0.4, -0.2) is 15.5 Å². The predicted octanol–water partition coefficient (Wildman–Crippen LogP) is 4.72. The summed E-state index contributed by atoms with van der Waals surface area (Å²) >= 11 is 5.33. The molecule has 0 aliphatic carbocycles. The Labute approximate surface area is 165 Å². The number of hydrogen-bond acceptors (Lipinski definition) is 3. The van der Waals surface area contributed by atoms with Gasteiger partial charge in [-0.25, -0.2) is 4.39 Å². The van der Waals surface area contributed by atoms with Crippen molar-refractivity contribution >= 4 is 40.5 Å². The van der Waals surface area contributed by atoms with Crippen LogP contribution in [0.1, 0.15) is 15.9 Å². The minimum absolute atomic E-state index is 0.241. The number of aromatic nitrogens is 2. The molecule has 140 valence electrons. The average molecular weight is 392 g/mol.